The number of carbonyl (C=O) groups excluding carboxylic acids is 1. The number of carbonyl (C=O) groups is 1. The summed E-state index contributed by atoms with van der Waals surface area (Å²) in [6.07, 6.45) is 2.72. The third-order valence-corrected chi connectivity index (χ3v) is 7.75. The van der Waals surface area contributed by atoms with Crippen LogP contribution in [-0.4, -0.2) is 64.6 Å². The summed E-state index contributed by atoms with van der Waals surface area (Å²) < 4.78 is 14.8. The van der Waals surface area contributed by atoms with E-state index in [0.29, 0.717) is 45.6 Å². The first-order valence-electron chi connectivity index (χ1n) is 13.2. The number of amides is 1. The Morgan fingerprint density at radius 2 is 1.88 bits per heavy atom. The number of nitrogens with one attached hydrogen (secondary N) is 1. The molecule has 7 nitrogen and oxygen atoms in total. The number of anilines is 2. The van der Waals surface area contributed by atoms with Gasteiger partial charge >= 0.3 is 0 Å². The van der Waals surface area contributed by atoms with Crippen molar-refractivity contribution in [2.24, 2.45) is 4.99 Å². The lowest BCUT2D eigenvalue weighted by Gasteiger charge is -2.24. The molecule has 1 unspecified atom stereocenters. The van der Waals surface area contributed by atoms with Gasteiger partial charge in [0, 0.05) is 64.4 Å². The summed E-state index contributed by atoms with van der Waals surface area (Å²) in [5.74, 6) is 0.0588. The Hall–Kier alpha value is -4.14. The van der Waals surface area contributed by atoms with Crippen LogP contribution < -0.4 is 5.32 Å². The maximum absolute atomic E-state index is 14.8. The topological polar surface area (TPSA) is 73.7 Å². The molecule has 1 N–H and O–H groups in total. The predicted molar refractivity (Wildman–Crippen MR) is 156 cm³/mol. The highest BCUT2D eigenvalue weighted by Gasteiger charge is 2.27. The molecule has 0 bridgehead atoms. The van der Waals surface area contributed by atoms with E-state index in [1.54, 1.807) is 36.5 Å². The molecule has 1 fully saturated rings. The van der Waals surface area contributed by atoms with Crippen molar-refractivity contribution in [3.05, 3.63) is 106 Å². The fourth-order valence-corrected chi connectivity index (χ4v) is 5.46. The van der Waals surface area contributed by atoms with Crippen molar-refractivity contribution in [3.63, 3.8) is 0 Å². The Balaban J connectivity index is 1.26. The molecule has 1 aromatic heterocycles. The molecule has 9 heteroatoms. The lowest BCUT2D eigenvalue weighted by Crippen LogP contribution is -2.38. The molecule has 3 heterocycles. The highest BCUT2D eigenvalue weighted by molar-refractivity contribution is 6.31. The first-order chi connectivity index (χ1) is 19.4. The number of fused-ring (bicyclic) bond motifs is 3. The molecule has 3 aromatic carbocycles. The van der Waals surface area contributed by atoms with E-state index in [2.05, 4.69) is 22.2 Å². The minimum Gasteiger partial charge on any atom is -0.337 e. The number of rotatable bonds is 5. The first kappa shape index (κ1) is 26.1. The highest BCUT2D eigenvalue weighted by atomic mass is 35.5. The van der Waals surface area contributed by atoms with Gasteiger partial charge in [0.1, 0.15) is 5.82 Å². The molecule has 0 aliphatic carbocycles. The number of likely N-dealkylation sites (tertiary alicyclic amines) is 1. The molecule has 6 rings (SSSR count). The minimum absolute atomic E-state index is 0.00838. The lowest BCUT2D eigenvalue weighted by atomic mass is 9.95. The zero-order chi connectivity index (χ0) is 27.8. The SMILES string of the molecule is CN1CCC(N(C)C(=O)c2ccc(Nc3ncc4c(n3)-c3ccc(Cl)cc3C(c3ccccc3F)=NC4)cc2)C1. The van der Waals surface area contributed by atoms with Crippen LogP contribution in [0.25, 0.3) is 11.3 Å². The minimum atomic E-state index is -0.352. The smallest absolute Gasteiger partial charge is 0.253 e. The molecule has 1 amide bonds. The van der Waals surface area contributed by atoms with E-state index in [1.165, 1.54) is 6.07 Å². The van der Waals surface area contributed by atoms with Gasteiger partial charge in [0.2, 0.25) is 5.95 Å². The van der Waals surface area contributed by atoms with Crippen molar-refractivity contribution in [2.45, 2.75) is 19.0 Å². The van der Waals surface area contributed by atoms with Gasteiger partial charge in [0.15, 0.2) is 0 Å². The zero-order valence-electron chi connectivity index (χ0n) is 22.2. The Morgan fingerprint density at radius 3 is 2.62 bits per heavy atom. The van der Waals surface area contributed by atoms with E-state index < -0.39 is 0 Å². The molecule has 4 aromatic rings. The van der Waals surface area contributed by atoms with Crippen LogP contribution in [0.4, 0.5) is 16.0 Å². The van der Waals surface area contributed by atoms with Gasteiger partial charge < -0.3 is 15.1 Å². The Kier molecular flexibility index (Phi) is 7.04. The fourth-order valence-electron chi connectivity index (χ4n) is 5.29. The fraction of sp³-hybridized carbons (Fsp3) is 0.226. The third kappa shape index (κ3) is 5.08. The molecule has 40 heavy (non-hydrogen) atoms. The number of aromatic nitrogens is 2. The summed E-state index contributed by atoms with van der Waals surface area (Å²) in [6.45, 7) is 2.19. The van der Waals surface area contributed by atoms with Gasteiger partial charge in [-0.15, -0.1) is 0 Å². The van der Waals surface area contributed by atoms with E-state index >= 15 is 0 Å². The first-order valence-corrected chi connectivity index (χ1v) is 13.5. The number of nitrogens with zero attached hydrogens (tertiary/aromatic N) is 5. The van der Waals surface area contributed by atoms with Crippen molar-refractivity contribution in [1.29, 1.82) is 0 Å². The number of halogens is 2. The van der Waals surface area contributed by atoms with Crippen LogP contribution in [0.1, 0.15) is 33.5 Å². The van der Waals surface area contributed by atoms with Crippen LogP contribution >= 0.6 is 11.6 Å². The predicted octanol–water partition coefficient (Wildman–Crippen LogP) is 5.81. The van der Waals surface area contributed by atoms with Crippen LogP contribution in [-0.2, 0) is 6.54 Å². The molecular weight excluding hydrogens is 527 g/mol. The summed E-state index contributed by atoms with van der Waals surface area (Å²) in [5.41, 5.74) is 5.36. The number of likely N-dealkylation sites (N-methyl/N-ethyl adjacent to an activating group) is 2. The Bertz CT molecular complexity index is 1620. The van der Waals surface area contributed by atoms with Crippen molar-refractivity contribution >= 4 is 34.9 Å². The molecule has 0 saturated carbocycles. The summed E-state index contributed by atoms with van der Waals surface area (Å²) in [7, 11) is 3.94. The highest BCUT2D eigenvalue weighted by Crippen LogP contribution is 2.34. The maximum atomic E-state index is 14.8. The number of hydrogen-bond donors (Lipinski definition) is 1. The quantitative estimate of drug-likeness (QED) is 0.337. The van der Waals surface area contributed by atoms with Crippen LogP contribution in [0.15, 0.2) is 77.9 Å². The lowest BCUT2D eigenvalue weighted by molar-refractivity contribution is 0.0737. The summed E-state index contributed by atoms with van der Waals surface area (Å²) in [6, 6.07) is 19.6. The number of benzene rings is 3. The second-order valence-corrected chi connectivity index (χ2v) is 10.7. The summed E-state index contributed by atoms with van der Waals surface area (Å²) >= 11 is 6.36. The van der Waals surface area contributed by atoms with Crippen LogP contribution in [0.2, 0.25) is 5.02 Å². The van der Waals surface area contributed by atoms with Crippen LogP contribution in [0.3, 0.4) is 0 Å². The second kappa shape index (κ2) is 10.8. The van der Waals surface area contributed by atoms with E-state index in [0.717, 1.165) is 36.3 Å². The Morgan fingerprint density at radius 1 is 1.07 bits per heavy atom. The van der Waals surface area contributed by atoms with E-state index in [1.807, 2.05) is 42.3 Å². The standard InChI is InChI=1S/C31H28ClFN6O/c1-38-14-13-23(18-38)39(2)30(40)19-7-10-22(11-8-19)36-31-35-17-20-16-34-29(25-5-3-4-6-27(25)33)26-15-21(32)9-12-24(26)28(20)37-31/h3-12,15,17,23H,13-14,16,18H2,1-2H3,(H,35,36,37). The third-order valence-electron chi connectivity index (χ3n) is 7.52. The van der Waals surface area contributed by atoms with Gasteiger partial charge in [-0.2, -0.15) is 0 Å². The molecule has 2 aliphatic heterocycles. The molecule has 2 aliphatic rings. The van der Waals surface area contributed by atoms with E-state index in [9.17, 15) is 9.18 Å². The van der Waals surface area contributed by atoms with E-state index in [4.69, 9.17) is 21.6 Å². The number of hydrogen-bond acceptors (Lipinski definition) is 6. The monoisotopic (exact) mass is 554 g/mol. The number of aliphatic imine (C=N–C) groups is 1. The van der Waals surface area contributed by atoms with Gasteiger partial charge in [-0.25, -0.2) is 14.4 Å². The summed E-state index contributed by atoms with van der Waals surface area (Å²) in [4.78, 5) is 31.2. The van der Waals surface area contributed by atoms with Gasteiger partial charge in [0.05, 0.1) is 18.0 Å². The van der Waals surface area contributed by atoms with Gasteiger partial charge in [-0.05, 0) is 68.5 Å². The average molecular weight is 555 g/mol. The average Bonchev–Trinajstić information content (AvgIpc) is 3.34. The molecule has 1 atom stereocenters. The molecule has 1 saturated heterocycles. The normalized spacial score (nSPS) is 16.5. The molecule has 0 radical (unpaired) electrons. The molecule has 0 spiro atoms. The molecular formula is C31H28ClFN6O. The van der Waals surface area contributed by atoms with Gasteiger partial charge in [-0.1, -0.05) is 29.8 Å². The Labute approximate surface area is 237 Å². The summed E-state index contributed by atoms with van der Waals surface area (Å²) in [5, 5.41) is 3.77. The van der Waals surface area contributed by atoms with Crippen molar-refractivity contribution in [3.8, 4) is 11.3 Å². The largest absolute Gasteiger partial charge is 0.337 e. The van der Waals surface area contributed by atoms with Gasteiger partial charge in [-0.3, -0.25) is 9.79 Å². The maximum Gasteiger partial charge on any atom is 0.253 e. The van der Waals surface area contributed by atoms with E-state index in [-0.39, 0.29) is 17.8 Å². The van der Waals surface area contributed by atoms with Crippen LogP contribution in [0.5, 0.6) is 0 Å². The van der Waals surface area contributed by atoms with Crippen LogP contribution in [0, 0.1) is 5.82 Å². The van der Waals surface area contributed by atoms with Crippen molar-refractivity contribution in [2.75, 3.05) is 32.5 Å². The molecule has 202 valence electrons. The van der Waals surface area contributed by atoms with Gasteiger partial charge in [0.25, 0.3) is 5.91 Å². The second-order valence-electron chi connectivity index (χ2n) is 10.2. The van der Waals surface area contributed by atoms with Crippen molar-refractivity contribution < 1.29 is 9.18 Å². The van der Waals surface area contributed by atoms with Crippen molar-refractivity contribution in [1.82, 2.24) is 19.8 Å². The zero-order valence-corrected chi connectivity index (χ0v) is 23.0.